The Kier molecular flexibility index (Phi) is 3.64. The first kappa shape index (κ1) is 13.0. The molecule has 94 valence electrons. The van der Waals surface area contributed by atoms with Crippen LogP contribution in [0.25, 0.3) is 0 Å². The average molecular weight is 285 g/mol. The molecule has 2 aromatic carbocycles. The van der Waals surface area contributed by atoms with Crippen LogP contribution in [0.15, 0.2) is 30.3 Å². The number of halogens is 3. The lowest BCUT2D eigenvalue weighted by atomic mass is 10.2. The Labute approximate surface area is 115 Å². The van der Waals surface area contributed by atoms with Crippen LogP contribution >= 0.6 is 23.2 Å². The highest BCUT2D eigenvalue weighted by Gasteiger charge is 2.07. The molecule has 0 saturated carbocycles. The molecule has 18 heavy (non-hydrogen) atoms. The first-order valence-corrected chi connectivity index (χ1v) is 6.00. The van der Waals surface area contributed by atoms with Crippen LogP contribution in [0.4, 0.5) is 21.5 Å². The Hall–Kier alpha value is -1.45. The van der Waals surface area contributed by atoms with Crippen molar-refractivity contribution in [3.05, 3.63) is 51.8 Å². The first-order valence-electron chi connectivity index (χ1n) is 5.25. The van der Waals surface area contributed by atoms with Crippen molar-refractivity contribution in [1.29, 1.82) is 0 Å². The van der Waals surface area contributed by atoms with Crippen LogP contribution in [0.3, 0.4) is 0 Å². The van der Waals surface area contributed by atoms with Crippen molar-refractivity contribution in [3.63, 3.8) is 0 Å². The second kappa shape index (κ2) is 5.04. The number of hydrogen-bond donors (Lipinski definition) is 2. The molecule has 2 rings (SSSR count). The normalized spacial score (nSPS) is 10.4. The third-order valence-corrected chi connectivity index (χ3v) is 3.07. The van der Waals surface area contributed by atoms with Gasteiger partial charge in [-0.25, -0.2) is 4.39 Å². The minimum atomic E-state index is -0.514. The maximum Gasteiger partial charge on any atom is 0.144 e. The largest absolute Gasteiger partial charge is 0.397 e. The first-order chi connectivity index (χ1) is 8.47. The lowest BCUT2D eigenvalue weighted by Gasteiger charge is -2.12. The van der Waals surface area contributed by atoms with E-state index in [1.165, 1.54) is 12.1 Å². The summed E-state index contributed by atoms with van der Waals surface area (Å²) < 4.78 is 13.4. The molecule has 2 aromatic rings. The highest BCUT2D eigenvalue weighted by atomic mass is 35.5. The molecule has 0 bridgehead atoms. The Balaban J connectivity index is 2.37. The molecule has 2 nitrogen and oxygen atoms in total. The van der Waals surface area contributed by atoms with Crippen molar-refractivity contribution in [2.24, 2.45) is 0 Å². The van der Waals surface area contributed by atoms with Gasteiger partial charge >= 0.3 is 0 Å². The molecule has 3 N–H and O–H groups in total. The summed E-state index contributed by atoms with van der Waals surface area (Å²) >= 11 is 11.5. The summed E-state index contributed by atoms with van der Waals surface area (Å²) in [6, 6.07) is 8.02. The molecule has 0 fully saturated rings. The Morgan fingerprint density at radius 1 is 1.11 bits per heavy atom. The van der Waals surface area contributed by atoms with Crippen molar-refractivity contribution in [2.75, 3.05) is 11.1 Å². The van der Waals surface area contributed by atoms with E-state index in [0.717, 1.165) is 11.3 Å². The fourth-order valence-electron chi connectivity index (χ4n) is 1.58. The second-order valence-corrected chi connectivity index (χ2v) is 4.78. The minimum absolute atomic E-state index is 0.00544. The zero-order chi connectivity index (χ0) is 13.3. The predicted molar refractivity (Wildman–Crippen MR) is 75.3 cm³/mol. The average Bonchev–Trinajstić information content (AvgIpc) is 2.29. The number of anilines is 3. The molecule has 0 radical (unpaired) electrons. The molecule has 5 heteroatoms. The molecule has 0 aliphatic carbocycles. The fraction of sp³-hybridized carbons (Fsp3) is 0.0769. The highest BCUT2D eigenvalue weighted by Crippen LogP contribution is 2.30. The van der Waals surface area contributed by atoms with Crippen LogP contribution in [-0.4, -0.2) is 0 Å². The van der Waals surface area contributed by atoms with Gasteiger partial charge in [0.1, 0.15) is 5.82 Å². The van der Waals surface area contributed by atoms with Crippen molar-refractivity contribution >= 4 is 40.3 Å². The minimum Gasteiger partial charge on any atom is -0.397 e. The Morgan fingerprint density at radius 3 is 2.50 bits per heavy atom. The summed E-state index contributed by atoms with van der Waals surface area (Å²) in [6.45, 7) is 1.90. The lowest BCUT2D eigenvalue weighted by molar-refractivity contribution is 0.629. The zero-order valence-electron chi connectivity index (χ0n) is 9.60. The van der Waals surface area contributed by atoms with Crippen LogP contribution in [0.2, 0.25) is 10.0 Å². The van der Waals surface area contributed by atoms with E-state index in [9.17, 15) is 4.39 Å². The van der Waals surface area contributed by atoms with Gasteiger partial charge in [0.15, 0.2) is 0 Å². The van der Waals surface area contributed by atoms with E-state index in [2.05, 4.69) is 5.32 Å². The van der Waals surface area contributed by atoms with E-state index in [1.807, 2.05) is 19.1 Å². The van der Waals surface area contributed by atoms with Gasteiger partial charge < -0.3 is 11.1 Å². The monoisotopic (exact) mass is 284 g/mol. The lowest BCUT2D eigenvalue weighted by Crippen LogP contribution is -1.99. The van der Waals surface area contributed by atoms with Gasteiger partial charge in [-0.15, -0.1) is 0 Å². The summed E-state index contributed by atoms with van der Waals surface area (Å²) in [6.07, 6.45) is 0. The van der Waals surface area contributed by atoms with Crippen LogP contribution in [0.5, 0.6) is 0 Å². The fourth-order valence-corrected chi connectivity index (χ4v) is 1.98. The van der Waals surface area contributed by atoms with E-state index in [1.54, 1.807) is 6.07 Å². The SMILES string of the molecule is Cc1cc(Cl)ccc1Nc1cc(F)c(Cl)cc1N. The van der Waals surface area contributed by atoms with Gasteiger partial charge in [0.05, 0.1) is 16.4 Å². The van der Waals surface area contributed by atoms with Gasteiger partial charge in [0, 0.05) is 16.8 Å². The molecule has 0 aliphatic heterocycles. The third kappa shape index (κ3) is 2.68. The van der Waals surface area contributed by atoms with E-state index < -0.39 is 5.82 Å². The van der Waals surface area contributed by atoms with Crippen LogP contribution in [0, 0.1) is 12.7 Å². The van der Waals surface area contributed by atoms with Crippen molar-refractivity contribution in [3.8, 4) is 0 Å². The van der Waals surface area contributed by atoms with E-state index in [4.69, 9.17) is 28.9 Å². The van der Waals surface area contributed by atoms with Gasteiger partial charge in [-0.1, -0.05) is 23.2 Å². The van der Waals surface area contributed by atoms with Gasteiger partial charge in [0.25, 0.3) is 0 Å². The van der Waals surface area contributed by atoms with Crippen molar-refractivity contribution in [2.45, 2.75) is 6.92 Å². The third-order valence-electron chi connectivity index (χ3n) is 2.55. The van der Waals surface area contributed by atoms with Gasteiger partial charge in [0.2, 0.25) is 0 Å². The summed E-state index contributed by atoms with van der Waals surface area (Å²) in [4.78, 5) is 0. The molecule has 0 amide bonds. The van der Waals surface area contributed by atoms with Crippen molar-refractivity contribution in [1.82, 2.24) is 0 Å². The molecule has 0 saturated heterocycles. The number of hydrogen-bond acceptors (Lipinski definition) is 2. The molecule has 0 aliphatic rings. The Bertz CT molecular complexity index is 600. The maximum atomic E-state index is 13.4. The second-order valence-electron chi connectivity index (χ2n) is 3.94. The molecule has 0 atom stereocenters. The smallest absolute Gasteiger partial charge is 0.144 e. The molecule has 0 unspecified atom stereocenters. The summed E-state index contributed by atoms with van der Waals surface area (Å²) in [5.74, 6) is -0.514. The summed E-state index contributed by atoms with van der Waals surface area (Å²) in [5.41, 5.74) is 8.39. The number of aryl methyl sites for hydroxylation is 1. The van der Waals surface area contributed by atoms with Gasteiger partial charge in [-0.3, -0.25) is 0 Å². The topological polar surface area (TPSA) is 38.0 Å². The standard InChI is InChI=1S/C13H11Cl2FN2/c1-7-4-8(14)2-3-12(7)18-13-6-10(16)9(15)5-11(13)17/h2-6,18H,17H2,1H3. The molecular weight excluding hydrogens is 274 g/mol. The van der Waals surface area contributed by atoms with Crippen LogP contribution < -0.4 is 11.1 Å². The van der Waals surface area contributed by atoms with E-state index in [0.29, 0.717) is 16.4 Å². The van der Waals surface area contributed by atoms with Crippen LogP contribution in [-0.2, 0) is 0 Å². The number of nitrogens with two attached hydrogens (primary N) is 1. The molecular formula is C13H11Cl2FN2. The number of rotatable bonds is 2. The highest BCUT2D eigenvalue weighted by molar-refractivity contribution is 6.31. The number of nitrogen functional groups attached to an aromatic ring is 1. The number of benzene rings is 2. The molecule has 0 aromatic heterocycles. The molecule has 0 spiro atoms. The van der Waals surface area contributed by atoms with Gasteiger partial charge in [-0.2, -0.15) is 0 Å². The van der Waals surface area contributed by atoms with Crippen molar-refractivity contribution < 1.29 is 4.39 Å². The van der Waals surface area contributed by atoms with E-state index in [-0.39, 0.29) is 5.02 Å². The predicted octanol–water partition coefficient (Wildman–Crippen LogP) is 4.77. The maximum absolute atomic E-state index is 13.4. The van der Waals surface area contributed by atoms with E-state index >= 15 is 0 Å². The zero-order valence-corrected chi connectivity index (χ0v) is 11.1. The Morgan fingerprint density at radius 2 is 1.83 bits per heavy atom. The summed E-state index contributed by atoms with van der Waals surface area (Å²) in [7, 11) is 0. The molecule has 0 heterocycles. The van der Waals surface area contributed by atoms with Gasteiger partial charge in [-0.05, 0) is 36.8 Å². The number of nitrogens with one attached hydrogen (secondary N) is 1. The van der Waals surface area contributed by atoms with Crippen LogP contribution in [0.1, 0.15) is 5.56 Å². The quantitative estimate of drug-likeness (QED) is 0.780. The summed E-state index contributed by atoms with van der Waals surface area (Å²) in [5, 5.41) is 3.71.